The van der Waals surface area contributed by atoms with E-state index in [1.165, 1.54) is 25.3 Å². The Balaban J connectivity index is 1.72. The summed E-state index contributed by atoms with van der Waals surface area (Å²) in [5, 5.41) is 10.5. The molecule has 0 heterocycles. The molecule has 0 radical (unpaired) electrons. The van der Waals surface area contributed by atoms with Crippen molar-refractivity contribution in [3.05, 3.63) is 34.0 Å². The lowest BCUT2D eigenvalue weighted by molar-refractivity contribution is -0.419. The molecule has 1 unspecified atom stereocenters. The zero-order valence-corrected chi connectivity index (χ0v) is 11.7. The van der Waals surface area contributed by atoms with Crippen LogP contribution in [-0.4, -0.2) is 30.1 Å². The van der Waals surface area contributed by atoms with E-state index in [-0.39, 0.29) is 36.1 Å². The van der Waals surface area contributed by atoms with Gasteiger partial charge in [-0.25, -0.2) is 0 Å². The second-order valence-electron chi connectivity index (χ2n) is 5.26. The van der Waals surface area contributed by atoms with Crippen LogP contribution in [-0.2, 0) is 19.1 Å². The van der Waals surface area contributed by atoms with Crippen LogP contribution in [0.4, 0.5) is 0 Å². The normalized spacial score (nSPS) is 27.3. The Labute approximate surface area is 121 Å². The molecule has 1 saturated carbocycles. The minimum Gasteiger partial charge on any atom is -0.469 e. The molecule has 0 aromatic heterocycles. The molecule has 0 aromatic carbocycles. The second kappa shape index (κ2) is 6.51. The van der Waals surface area contributed by atoms with Crippen molar-refractivity contribution < 1.29 is 24.0 Å². The number of nitrogens with zero attached hydrogens (tertiary/aromatic N) is 1. The summed E-state index contributed by atoms with van der Waals surface area (Å²) >= 11 is 0. The summed E-state index contributed by atoms with van der Waals surface area (Å²) in [5.74, 6) is -0.879. The van der Waals surface area contributed by atoms with Gasteiger partial charge in [0, 0.05) is 12.5 Å². The molecule has 2 rings (SSSR count). The molecule has 0 spiro atoms. The zero-order chi connectivity index (χ0) is 15.4. The highest BCUT2D eigenvalue weighted by atomic mass is 16.6. The maximum atomic E-state index is 11.9. The van der Waals surface area contributed by atoms with Crippen LogP contribution in [0.2, 0.25) is 0 Å². The van der Waals surface area contributed by atoms with Crippen molar-refractivity contribution in [3.8, 4) is 0 Å². The molecule has 0 aliphatic heterocycles. The van der Waals surface area contributed by atoms with Crippen LogP contribution in [0, 0.1) is 22.0 Å². The van der Waals surface area contributed by atoms with E-state index >= 15 is 0 Å². The highest BCUT2D eigenvalue weighted by Gasteiger charge is 2.35. The highest BCUT2D eigenvalue weighted by Crippen LogP contribution is 2.34. The molecule has 0 N–H and O–H groups in total. The van der Waals surface area contributed by atoms with E-state index in [1.807, 2.05) is 0 Å². The van der Waals surface area contributed by atoms with Crippen molar-refractivity contribution in [2.24, 2.45) is 11.8 Å². The SMILES string of the molecule is COC(=O)CC1CC(OC(=O)C2C=CC([N+](=O)[O-])=CC2)C1. The van der Waals surface area contributed by atoms with Gasteiger partial charge in [-0.15, -0.1) is 0 Å². The number of methoxy groups -OCH3 is 1. The first-order valence-electron chi connectivity index (χ1n) is 6.79. The summed E-state index contributed by atoms with van der Waals surface area (Å²) in [6.45, 7) is 0. The van der Waals surface area contributed by atoms with E-state index in [4.69, 9.17) is 4.74 Å². The molecule has 7 heteroatoms. The molecule has 1 atom stereocenters. The number of carbonyl (C=O) groups excluding carboxylic acids is 2. The standard InChI is InChI=1S/C14H17NO6/c1-20-13(16)8-9-6-12(7-9)21-14(17)10-2-4-11(5-3-10)15(18)19/h2,4-5,9-10,12H,3,6-8H2,1H3. The van der Waals surface area contributed by atoms with E-state index in [1.54, 1.807) is 0 Å². The Morgan fingerprint density at radius 2 is 2.14 bits per heavy atom. The van der Waals surface area contributed by atoms with Crippen LogP contribution in [0.3, 0.4) is 0 Å². The molecule has 2 aliphatic carbocycles. The van der Waals surface area contributed by atoms with E-state index < -0.39 is 10.8 Å². The Kier molecular flexibility index (Phi) is 4.72. The van der Waals surface area contributed by atoms with Crippen molar-refractivity contribution in [2.75, 3.05) is 7.11 Å². The number of esters is 2. The summed E-state index contributed by atoms with van der Waals surface area (Å²) in [6.07, 6.45) is 6.04. The molecule has 0 aromatic rings. The third-order valence-electron chi connectivity index (χ3n) is 3.75. The first-order valence-corrected chi connectivity index (χ1v) is 6.79. The van der Waals surface area contributed by atoms with Crippen LogP contribution in [0.5, 0.6) is 0 Å². The average Bonchev–Trinajstić information content (AvgIpc) is 2.44. The van der Waals surface area contributed by atoms with Crippen LogP contribution in [0.15, 0.2) is 23.9 Å². The summed E-state index contributed by atoms with van der Waals surface area (Å²) in [6, 6.07) is 0. The lowest BCUT2D eigenvalue weighted by Gasteiger charge is -2.34. The van der Waals surface area contributed by atoms with Crippen molar-refractivity contribution in [1.29, 1.82) is 0 Å². The topological polar surface area (TPSA) is 95.7 Å². The van der Waals surface area contributed by atoms with Gasteiger partial charge < -0.3 is 9.47 Å². The number of hydrogen-bond acceptors (Lipinski definition) is 6. The molecular formula is C14H17NO6. The second-order valence-corrected chi connectivity index (χ2v) is 5.26. The minimum atomic E-state index is -0.485. The van der Waals surface area contributed by atoms with Crippen LogP contribution in [0.25, 0.3) is 0 Å². The molecule has 0 saturated heterocycles. The highest BCUT2D eigenvalue weighted by molar-refractivity contribution is 5.75. The molecule has 21 heavy (non-hydrogen) atoms. The Morgan fingerprint density at radius 1 is 1.43 bits per heavy atom. The third-order valence-corrected chi connectivity index (χ3v) is 3.75. The van der Waals surface area contributed by atoms with Crippen molar-refractivity contribution in [1.82, 2.24) is 0 Å². The van der Waals surface area contributed by atoms with Gasteiger partial charge in [-0.3, -0.25) is 19.7 Å². The van der Waals surface area contributed by atoms with Gasteiger partial charge in [-0.1, -0.05) is 6.08 Å². The van der Waals surface area contributed by atoms with Gasteiger partial charge in [0.25, 0.3) is 5.70 Å². The number of rotatable bonds is 5. The molecule has 0 amide bonds. The van der Waals surface area contributed by atoms with E-state index in [0.717, 1.165) is 0 Å². The Hall–Kier alpha value is -2.18. The fourth-order valence-corrected chi connectivity index (χ4v) is 2.43. The minimum absolute atomic E-state index is 0.000774. The monoisotopic (exact) mass is 295 g/mol. The number of hydrogen-bond donors (Lipinski definition) is 0. The van der Waals surface area contributed by atoms with Crippen molar-refractivity contribution in [3.63, 3.8) is 0 Å². The molecule has 1 fully saturated rings. The molecular weight excluding hydrogens is 278 g/mol. The summed E-state index contributed by atoms with van der Waals surface area (Å²) in [7, 11) is 1.35. The van der Waals surface area contributed by atoms with Gasteiger partial charge in [0.2, 0.25) is 0 Å². The fourth-order valence-electron chi connectivity index (χ4n) is 2.43. The first-order chi connectivity index (χ1) is 9.99. The maximum Gasteiger partial charge on any atom is 0.313 e. The first kappa shape index (κ1) is 15.2. The van der Waals surface area contributed by atoms with Crippen LogP contribution in [0.1, 0.15) is 25.7 Å². The molecule has 114 valence electrons. The van der Waals surface area contributed by atoms with Crippen molar-refractivity contribution >= 4 is 11.9 Å². The molecule has 0 bridgehead atoms. The number of nitro groups is 1. The van der Waals surface area contributed by atoms with Gasteiger partial charge >= 0.3 is 11.9 Å². The van der Waals surface area contributed by atoms with Crippen LogP contribution >= 0.6 is 0 Å². The largest absolute Gasteiger partial charge is 0.469 e. The molecule has 7 nitrogen and oxygen atoms in total. The fraction of sp³-hybridized carbons (Fsp3) is 0.571. The number of allylic oxidation sites excluding steroid dienone is 2. The summed E-state index contributed by atoms with van der Waals surface area (Å²) < 4.78 is 9.91. The van der Waals surface area contributed by atoms with Crippen LogP contribution < -0.4 is 0 Å². The zero-order valence-electron chi connectivity index (χ0n) is 11.7. The molecule has 2 aliphatic rings. The van der Waals surface area contributed by atoms with Gasteiger partial charge in [0.05, 0.1) is 18.0 Å². The quantitative estimate of drug-likeness (QED) is 0.434. The average molecular weight is 295 g/mol. The predicted molar refractivity (Wildman–Crippen MR) is 71.6 cm³/mol. The predicted octanol–water partition coefficient (Wildman–Crippen LogP) is 1.61. The number of ether oxygens (including phenoxy) is 2. The smallest absolute Gasteiger partial charge is 0.313 e. The van der Waals surface area contributed by atoms with Gasteiger partial charge in [-0.2, -0.15) is 0 Å². The third kappa shape index (κ3) is 3.90. The van der Waals surface area contributed by atoms with Gasteiger partial charge in [0.1, 0.15) is 6.10 Å². The lowest BCUT2D eigenvalue weighted by Crippen LogP contribution is -2.36. The van der Waals surface area contributed by atoms with E-state index in [0.29, 0.717) is 19.3 Å². The maximum absolute atomic E-state index is 11.9. The van der Waals surface area contributed by atoms with Gasteiger partial charge in [0.15, 0.2) is 0 Å². The number of carbonyl (C=O) groups is 2. The summed E-state index contributed by atoms with van der Waals surface area (Å²) in [4.78, 5) is 33.0. The Morgan fingerprint density at radius 3 is 2.67 bits per heavy atom. The van der Waals surface area contributed by atoms with Crippen molar-refractivity contribution in [2.45, 2.75) is 31.8 Å². The Bertz CT molecular complexity index is 504. The lowest BCUT2D eigenvalue weighted by atomic mass is 9.80. The van der Waals surface area contributed by atoms with E-state index in [9.17, 15) is 19.7 Å². The summed E-state index contributed by atoms with van der Waals surface area (Å²) in [5.41, 5.74) is 0.000774. The van der Waals surface area contributed by atoms with Gasteiger partial charge in [-0.05, 0) is 31.3 Å². The van der Waals surface area contributed by atoms with E-state index in [2.05, 4.69) is 4.74 Å².